The molecule has 33 heavy (non-hydrogen) atoms. The Morgan fingerprint density at radius 3 is 2.52 bits per heavy atom. The lowest BCUT2D eigenvalue weighted by molar-refractivity contribution is 0.102. The van der Waals surface area contributed by atoms with Gasteiger partial charge < -0.3 is 14.6 Å². The Hall–Kier alpha value is -3.43. The minimum absolute atomic E-state index is 0.0453. The van der Waals surface area contributed by atoms with Crippen molar-refractivity contribution in [1.82, 2.24) is 8.87 Å². The van der Waals surface area contributed by atoms with Crippen molar-refractivity contribution in [2.75, 3.05) is 26.0 Å². The van der Waals surface area contributed by atoms with Gasteiger partial charge in [0.05, 0.1) is 13.2 Å². The molecular formula is C24H27N3O5S. The molecule has 0 aliphatic rings. The van der Waals surface area contributed by atoms with Gasteiger partial charge in [-0.1, -0.05) is 29.8 Å². The number of carbonyl (C=O) groups excluding carboxylic acids is 1. The topological polar surface area (TPSA) is 97.7 Å². The lowest BCUT2D eigenvalue weighted by Crippen LogP contribution is -2.29. The first-order valence-electron chi connectivity index (χ1n) is 10.4. The largest absolute Gasteiger partial charge is 0.492 e. The number of sulfonamides is 1. The predicted octanol–water partition coefficient (Wildman–Crippen LogP) is 3.11. The van der Waals surface area contributed by atoms with Crippen LogP contribution in [0.3, 0.4) is 0 Å². The normalized spacial score (nSPS) is 11.4. The van der Waals surface area contributed by atoms with Crippen molar-refractivity contribution in [2.45, 2.75) is 25.3 Å². The number of hydrogen-bond acceptors (Lipinski definition) is 5. The summed E-state index contributed by atoms with van der Waals surface area (Å²) in [5.41, 5.74) is 1.77. The predicted molar refractivity (Wildman–Crippen MR) is 127 cm³/mol. The molecule has 0 atom stereocenters. The van der Waals surface area contributed by atoms with E-state index in [4.69, 9.17) is 4.74 Å². The smallest absolute Gasteiger partial charge is 0.263 e. The Labute approximate surface area is 193 Å². The molecular weight excluding hydrogens is 442 g/mol. The van der Waals surface area contributed by atoms with Crippen LogP contribution in [-0.4, -0.2) is 43.9 Å². The molecule has 8 nitrogen and oxygen atoms in total. The van der Waals surface area contributed by atoms with Crippen LogP contribution in [0.5, 0.6) is 5.75 Å². The van der Waals surface area contributed by atoms with E-state index in [1.54, 1.807) is 19.2 Å². The van der Waals surface area contributed by atoms with Gasteiger partial charge in [-0.05, 0) is 49.7 Å². The van der Waals surface area contributed by atoms with E-state index in [1.807, 2.05) is 31.2 Å². The second-order valence-corrected chi connectivity index (χ2v) is 9.80. The van der Waals surface area contributed by atoms with Crippen molar-refractivity contribution in [3.8, 4) is 5.75 Å². The number of nitrogens with one attached hydrogen (secondary N) is 1. The van der Waals surface area contributed by atoms with Crippen molar-refractivity contribution < 1.29 is 17.9 Å². The quantitative estimate of drug-likeness (QED) is 0.547. The summed E-state index contributed by atoms with van der Waals surface area (Å²) in [6, 6.07) is 15.2. The third-order valence-electron chi connectivity index (χ3n) is 4.96. The molecule has 0 unspecified atom stereocenters. The monoisotopic (exact) mass is 469 g/mol. The van der Waals surface area contributed by atoms with Gasteiger partial charge in [0.1, 0.15) is 16.2 Å². The number of benzene rings is 2. The number of pyridine rings is 1. The minimum atomic E-state index is -3.81. The lowest BCUT2D eigenvalue weighted by Gasteiger charge is -2.16. The first-order chi connectivity index (χ1) is 15.6. The summed E-state index contributed by atoms with van der Waals surface area (Å²) < 4.78 is 33.4. The van der Waals surface area contributed by atoms with E-state index >= 15 is 0 Å². The lowest BCUT2D eigenvalue weighted by atomic mass is 10.1. The fourth-order valence-corrected chi connectivity index (χ4v) is 4.35. The molecule has 0 radical (unpaired) electrons. The Balaban J connectivity index is 1.91. The van der Waals surface area contributed by atoms with Gasteiger partial charge in [-0.15, -0.1) is 0 Å². The highest BCUT2D eigenvalue weighted by Gasteiger charge is 2.23. The molecule has 174 valence electrons. The van der Waals surface area contributed by atoms with E-state index in [2.05, 4.69) is 5.32 Å². The van der Waals surface area contributed by atoms with Crippen molar-refractivity contribution in [3.63, 3.8) is 0 Å². The molecule has 9 heteroatoms. The zero-order valence-corrected chi connectivity index (χ0v) is 19.8. The number of aromatic nitrogens is 1. The molecule has 0 saturated heterocycles. The second-order valence-electron chi connectivity index (χ2n) is 7.68. The van der Waals surface area contributed by atoms with E-state index in [0.717, 1.165) is 15.4 Å². The minimum Gasteiger partial charge on any atom is -0.492 e. The molecule has 2 aromatic carbocycles. The standard InChI is InChI=1S/C24H27N3O5S/c1-5-32-21-12-11-19(15-22(21)33(30,31)26(3)4)25-23(28)20-10-7-13-27(24(20)29)16-18-9-6-8-17(2)14-18/h6-15H,5,16H2,1-4H3,(H,25,28). The van der Waals surface area contributed by atoms with Crippen LogP contribution in [0.1, 0.15) is 28.4 Å². The van der Waals surface area contributed by atoms with Crippen LogP contribution in [0, 0.1) is 6.92 Å². The van der Waals surface area contributed by atoms with E-state index < -0.39 is 21.5 Å². The highest BCUT2D eigenvalue weighted by molar-refractivity contribution is 7.89. The number of carbonyl (C=O) groups is 1. The Morgan fingerprint density at radius 2 is 1.85 bits per heavy atom. The fraction of sp³-hybridized carbons (Fsp3) is 0.250. The Kier molecular flexibility index (Phi) is 7.35. The molecule has 3 aromatic rings. The van der Waals surface area contributed by atoms with Gasteiger partial charge >= 0.3 is 0 Å². The van der Waals surface area contributed by atoms with Crippen molar-refractivity contribution >= 4 is 21.6 Å². The van der Waals surface area contributed by atoms with Crippen LogP contribution in [0.15, 0.2) is 70.5 Å². The molecule has 1 N–H and O–H groups in total. The van der Waals surface area contributed by atoms with Gasteiger partial charge in [0, 0.05) is 26.0 Å². The van der Waals surface area contributed by atoms with Crippen LogP contribution in [-0.2, 0) is 16.6 Å². The highest BCUT2D eigenvalue weighted by Crippen LogP contribution is 2.29. The summed E-state index contributed by atoms with van der Waals surface area (Å²) in [5, 5.41) is 2.63. The summed E-state index contributed by atoms with van der Waals surface area (Å²) in [5.74, 6) is -0.444. The summed E-state index contributed by atoms with van der Waals surface area (Å²) in [7, 11) is -0.987. The number of nitrogens with zero attached hydrogens (tertiary/aromatic N) is 2. The summed E-state index contributed by atoms with van der Waals surface area (Å²) in [6.45, 7) is 4.33. The average molecular weight is 470 g/mol. The summed E-state index contributed by atoms with van der Waals surface area (Å²) in [6.07, 6.45) is 1.63. The van der Waals surface area contributed by atoms with Crippen molar-refractivity contribution in [2.24, 2.45) is 0 Å². The molecule has 1 heterocycles. The number of ether oxygens (including phenoxy) is 1. The molecule has 1 amide bonds. The van der Waals surface area contributed by atoms with Gasteiger partial charge in [0.2, 0.25) is 10.0 Å². The Morgan fingerprint density at radius 1 is 1.09 bits per heavy atom. The van der Waals surface area contributed by atoms with E-state index in [1.165, 1.54) is 42.9 Å². The molecule has 0 saturated carbocycles. The average Bonchev–Trinajstić information content (AvgIpc) is 2.76. The van der Waals surface area contributed by atoms with E-state index in [0.29, 0.717) is 6.54 Å². The maximum Gasteiger partial charge on any atom is 0.263 e. The fourth-order valence-electron chi connectivity index (χ4n) is 3.30. The summed E-state index contributed by atoms with van der Waals surface area (Å²) in [4.78, 5) is 25.7. The third-order valence-corrected chi connectivity index (χ3v) is 6.80. The summed E-state index contributed by atoms with van der Waals surface area (Å²) >= 11 is 0. The highest BCUT2D eigenvalue weighted by atomic mass is 32.2. The first-order valence-corrected chi connectivity index (χ1v) is 11.8. The number of aryl methyl sites for hydroxylation is 1. The van der Waals surface area contributed by atoms with Gasteiger partial charge in [0.15, 0.2) is 0 Å². The third kappa shape index (κ3) is 5.50. The zero-order valence-electron chi connectivity index (χ0n) is 19.0. The number of hydrogen-bond donors (Lipinski definition) is 1. The second kappa shape index (κ2) is 10.0. The van der Waals surface area contributed by atoms with Crippen LogP contribution in [0.2, 0.25) is 0 Å². The van der Waals surface area contributed by atoms with Crippen LogP contribution in [0.4, 0.5) is 5.69 Å². The first kappa shape index (κ1) is 24.2. The van der Waals surface area contributed by atoms with Crippen LogP contribution < -0.4 is 15.6 Å². The Bertz CT molecular complexity index is 1330. The maximum atomic E-state index is 12.9. The molecule has 0 aliphatic carbocycles. The van der Waals surface area contributed by atoms with E-state index in [-0.39, 0.29) is 28.5 Å². The van der Waals surface area contributed by atoms with Gasteiger partial charge in [0.25, 0.3) is 11.5 Å². The van der Waals surface area contributed by atoms with Gasteiger partial charge in [-0.25, -0.2) is 12.7 Å². The van der Waals surface area contributed by atoms with Crippen molar-refractivity contribution in [1.29, 1.82) is 0 Å². The number of amides is 1. The molecule has 0 fully saturated rings. The number of anilines is 1. The molecule has 3 rings (SSSR count). The van der Waals surface area contributed by atoms with Gasteiger partial charge in [-0.2, -0.15) is 0 Å². The molecule has 0 spiro atoms. The maximum absolute atomic E-state index is 12.9. The zero-order chi connectivity index (χ0) is 24.2. The van der Waals surface area contributed by atoms with Crippen molar-refractivity contribution in [3.05, 3.63) is 87.8 Å². The molecule has 1 aromatic heterocycles. The number of rotatable bonds is 8. The molecule has 0 bridgehead atoms. The van der Waals surface area contributed by atoms with Gasteiger partial charge in [-0.3, -0.25) is 9.59 Å². The molecule has 0 aliphatic heterocycles. The SMILES string of the molecule is CCOc1ccc(NC(=O)c2cccn(Cc3cccc(C)c3)c2=O)cc1S(=O)(=O)N(C)C. The van der Waals surface area contributed by atoms with E-state index in [9.17, 15) is 18.0 Å². The van der Waals surface area contributed by atoms with Crippen LogP contribution >= 0.6 is 0 Å². The van der Waals surface area contributed by atoms with Crippen LogP contribution in [0.25, 0.3) is 0 Å².